The van der Waals surface area contributed by atoms with Crippen LogP contribution in [0.4, 0.5) is 5.13 Å². The summed E-state index contributed by atoms with van der Waals surface area (Å²) in [6.07, 6.45) is 2.37. The summed E-state index contributed by atoms with van der Waals surface area (Å²) in [6.45, 7) is 4.99. The molecule has 4 rings (SSSR count). The monoisotopic (exact) mass is 433 g/mol. The van der Waals surface area contributed by atoms with E-state index < -0.39 is 0 Å². The van der Waals surface area contributed by atoms with Crippen LogP contribution in [-0.2, 0) is 17.8 Å². The predicted molar refractivity (Wildman–Crippen MR) is 124 cm³/mol. The molecule has 5 nitrogen and oxygen atoms in total. The fraction of sp³-hybridized carbons (Fsp3) is 0.320. The molecule has 0 bridgehead atoms. The Morgan fingerprint density at radius 1 is 1.10 bits per heavy atom. The lowest BCUT2D eigenvalue weighted by atomic mass is 10.0. The number of aromatic nitrogens is 1. The average molecular weight is 434 g/mol. The maximum Gasteiger partial charge on any atom is 0.257 e. The van der Waals surface area contributed by atoms with E-state index in [4.69, 9.17) is 0 Å². The summed E-state index contributed by atoms with van der Waals surface area (Å²) < 4.78 is 0. The van der Waals surface area contributed by atoms with E-state index >= 15 is 0 Å². The molecule has 1 heterocycles. The van der Waals surface area contributed by atoms with Crippen LogP contribution in [0.5, 0.6) is 0 Å². The Kier molecular flexibility index (Phi) is 6.47. The minimum atomic E-state index is -0.197. The highest BCUT2D eigenvalue weighted by Gasteiger charge is 2.32. The van der Waals surface area contributed by atoms with E-state index in [9.17, 15) is 9.59 Å². The minimum Gasteiger partial charge on any atom is -0.335 e. The summed E-state index contributed by atoms with van der Waals surface area (Å²) in [4.78, 5) is 31.8. The van der Waals surface area contributed by atoms with E-state index in [0.29, 0.717) is 34.9 Å². The van der Waals surface area contributed by atoms with Gasteiger partial charge in [-0.05, 0) is 42.0 Å². The van der Waals surface area contributed by atoms with Crippen LogP contribution >= 0.6 is 11.3 Å². The van der Waals surface area contributed by atoms with Gasteiger partial charge in [-0.15, -0.1) is 11.3 Å². The van der Waals surface area contributed by atoms with E-state index in [0.717, 1.165) is 18.4 Å². The van der Waals surface area contributed by atoms with Gasteiger partial charge in [0.1, 0.15) is 0 Å². The Morgan fingerprint density at radius 3 is 2.45 bits per heavy atom. The molecule has 1 N–H and O–H groups in total. The first-order chi connectivity index (χ1) is 15.0. The molecule has 0 aliphatic heterocycles. The van der Waals surface area contributed by atoms with Gasteiger partial charge in [0.15, 0.2) is 5.13 Å². The molecule has 1 fully saturated rings. The average Bonchev–Trinajstić information content (AvgIpc) is 3.53. The second kappa shape index (κ2) is 9.43. The van der Waals surface area contributed by atoms with Crippen LogP contribution in [0.1, 0.15) is 59.8 Å². The molecule has 0 radical (unpaired) electrons. The van der Waals surface area contributed by atoms with Gasteiger partial charge in [0.25, 0.3) is 5.91 Å². The highest BCUT2D eigenvalue weighted by Crippen LogP contribution is 2.29. The van der Waals surface area contributed by atoms with Crippen LogP contribution in [0.2, 0.25) is 0 Å². The summed E-state index contributed by atoms with van der Waals surface area (Å²) in [5, 5.41) is 5.18. The van der Waals surface area contributed by atoms with Crippen molar-refractivity contribution in [3.8, 4) is 0 Å². The second-order valence-electron chi connectivity index (χ2n) is 8.29. The number of nitrogens with one attached hydrogen (secondary N) is 1. The molecular weight excluding hydrogens is 406 g/mol. The Labute approximate surface area is 187 Å². The third-order valence-electron chi connectivity index (χ3n) is 5.45. The van der Waals surface area contributed by atoms with Crippen molar-refractivity contribution in [1.29, 1.82) is 0 Å². The lowest BCUT2D eigenvalue weighted by Crippen LogP contribution is -2.33. The van der Waals surface area contributed by atoms with Gasteiger partial charge < -0.3 is 4.90 Å². The van der Waals surface area contributed by atoms with E-state index in [2.05, 4.69) is 48.4 Å². The zero-order valence-electron chi connectivity index (χ0n) is 17.9. The first kappa shape index (κ1) is 21.2. The molecular formula is C25H27N3O2S. The lowest BCUT2D eigenvalue weighted by Gasteiger charge is -2.22. The number of hydrogen-bond acceptors (Lipinski definition) is 4. The summed E-state index contributed by atoms with van der Waals surface area (Å²) in [5.41, 5.74) is 3.73. The van der Waals surface area contributed by atoms with E-state index in [1.807, 2.05) is 28.5 Å². The number of carbonyl (C=O) groups excluding carboxylic acids is 2. The van der Waals surface area contributed by atoms with E-state index in [1.165, 1.54) is 16.9 Å². The highest BCUT2D eigenvalue weighted by atomic mass is 32.1. The molecule has 0 unspecified atom stereocenters. The number of rotatable bonds is 8. The van der Waals surface area contributed by atoms with E-state index in [1.54, 1.807) is 12.1 Å². The topological polar surface area (TPSA) is 62.3 Å². The van der Waals surface area contributed by atoms with Gasteiger partial charge in [0.05, 0.1) is 12.1 Å². The van der Waals surface area contributed by atoms with E-state index in [-0.39, 0.29) is 18.2 Å². The Bertz CT molecular complexity index is 1040. The Morgan fingerprint density at radius 2 is 1.81 bits per heavy atom. The summed E-state index contributed by atoms with van der Waals surface area (Å²) in [5.74, 6) is 0.385. The van der Waals surface area contributed by atoms with Crippen LogP contribution in [0.25, 0.3) is 0 Å². The molecule has 6 heteroatoms. The molecule has 2 amide bonds. The molecule has 1 aliphatic rings. The second-order valence-corrected chi connectivity index (χ2v) is 9.15. The third-order valence-corrected chi connectivity index (χ3v) is 6.25. The van der Waals surface area contributed by atoms with Crippen molar-refractivity contribution in [3.63, 3.8) is 0 Å². The van der Waals surface area contributed by atoms with Gasteiger partial charge in [0.2, 0.25) is 5.91 Å². The van der Waals surface area contributed by atoms with Gasteiger partial charge in [-0.25, -0.2) is 4.98 Å². The Balaban J connectivity index is 1.37. The Hall–Kier alpha value is -2.99. The van der Waals surface area contributed by atoms with Crippen LogP contribution < -0.4 is 5.32 Å². The SMILES string of the molecule is CC(C)c1ccc(CN(C(=O)Cc2csc(NC(=O)c3ccccc3)n2)C2CC2)cc1. The number of amides is 2. The largest absolute Gasteiger partial charge is 0.335 e. The lowest BCUT2D eigenvalue weighted by molar-refractivity contribution is -0.131. The van der Waals surface area contributed by atoms with Crippen LogP contribution in [0.3, 0.4) is 0 Å². The summed E-state index contributed by atoms with van der Waals surface area (Å²) in [6, 6.07) is 17.9. The smallest absolute Gasteiger partial charge is 0.257 e. The molecule has 3 aromatic rings. The zero-order chi connectivity index (χ0) is 21.8. The molecule has 31 heavy (non-hydrogen) atoms. The fourth-order valence-electron chi connectivity index (χ4n) is 3.47. The maximum atomic E-state index is 13.0. The van der Waals surface area contributed by atoms with Gasteiger partial charge in [-0.2, -0.15) is 0 Å². The number of hydrogen-bond donors (Lipinski definition) is 1. The highest BCUT2D eigenvalue weighted by molar-refractivity contribution is 7.14. The maximum absolute atomic E-state index is 13.0. The number of carbonyl (C=O) groups is 2. The summed E-state index contributed by atoms with van der Waals surface area (Å²) in [7, 11) is 0. The van der Waals surface area contributed by atoms with Crippen LogP contribution in [0.15, 0.2) is 60.0 Å². The van der Waals surface area contributed by atoms with Gasteiger partial charge in [-0.1, -0.05) is 56.3 Å². The quantitative estimate of drug-likeness (QED) is 0.528. The van der Waals surface area contributed by atoms with Crippen molar-refractivity contribution in [1.82, 2.24) is 9.88 Å². The third kappa shape index (κ3) is 5.58. The molecule has 0 spiro atoms. The minimum absolute atomic E-state index is 0.0849. The molecule has 160 valence electrons. The number of benzene rings is 2. The molecule has 0 saturated heterocycles. The molecule has 2 aromatic carbocycles. The van der Waals surface area contributed by atoms with Crippen molar-refractivity contribution in [3.05, 3.63) is 82.4 Å². The van der Waals surface area contributed by atoms with Crippen LogP contribution in [-0.4, -0.2) is 27.7 Å². The fourth-order valence-corrected chi connectivity index (χ4v) is 4.18. The van der Waals surface area contributed by atoms with Crippen molar-refractivity contribution in [2.75, 3.05) is 5.32 Å². The molecule has 1 aromatic heterocycles. The number of nitrogens with zero attached hydrogens (tertiary/aromatic N) is 2. The van der Waals surface area contributed by atoms with Crippen molar-refractivity contribution in [2.45, 2.75) is 51.6 Å². The van der Waals surface area contributed by atoms with Crippen molar-refractivity contribution in [2.24, 2.45) is 0 Å². The number of anilines is 1. The number of thiazole rings is 1. The van der Waals surface area contributed by atoms with Gasteiger partial charge in [-0.3, -0.25) is 14.9 Å². The molecule has 1 saturated carbocycles. The van der Waals surface area contributed by atoms with Gasteiger partial charge in [0, 0.05) is 23.5 Å². The predicted octanol–water partition coefficient (Wildman–Crippen LogP) is 5.25. The molecule has 0 atom stereocenters. The first-order valence-electron chi connectivity index (χ1n) is 10.7. The first-order valence-corrected chi connectivity index (χ1v) is 11.6. The van der Waals surface area contributed by atoms with Crippen molar-refractivity contribution >= 4 is 28.3 Å². The van der Waals surface area contributed by atoms with Gasteiger partial charge >= 0.3 is 0 Å². The standard InChI is InChI=1S/C25H27N3O2S/c1-17(2)19-10-8-18(9-11-19)15-28(22-12-13-22)23(29)14-21-16-31-25(26-21)27-24(30)20-6-4-3-5-7-20/h3-11,16-17,22H,12-15H2,1-2H3,(H,26,27,30). The normalized spacial score (nSPS) is 13.3. The molecule has 1 aliphatic carbocycles. The van der Waals surface area contributed by atoms with Crippen molar-refractivity contribution < 1.29 is 9.59 Å². The van der Waals surface area contributed by atoms with Crippen LogP contribution in [0, 0.1) is 0 Å². The zero-order valence-corrected chi connectivity index (χ0v) is 18.7. The summed E-state index contributed by atoms with van der Waals surface area (Å²) >= 11 is 1.34.